The Kier molecular flexibility index (Phi) is 3.87. The van der Waals surface area contributed by atoms with Gasteiger partial charge in [-0.25, -0.2) is 4.79 Å². The fourth-order valence-electron chi connectivity index (χ4n) is 2.38. The quantitative estimate of drug-likeness (QED) is 0.861. The fourth-order valence-corrected chi connectivity index (χ4v) is 3.56. The number of thiophene rings is 1. The molecule has 1 amide bonds. The zero-order chi connectivity index (χ0) is 14.2. The summed E-state index contributed by atoms with van der Waals surface area (Å²) in [5.41, 5.74) is 6.93. The minimum absolute atomic E-state index is 0.0707. The van der Waals surface area contributed by atoms with Crippen molar-refractivity contribution in [3.63, 3.8) is 0 Å². The van der Waals surface area contributed by atoms with Crippen molar-refractivity contribution in [3.05, 3.63) is 21.9 Å². The van der Waals surface area contributed by atoms with Crippen LogP contribution in [0.5, 0.6) is 0 Å². The molecule has 1 aromatic heterocycles. The third kappa shape index (κ3) is 3.09. The maximum Gasteiger partial charge on any atom is 0.410 e. The number of rotatable bonds is 1. The Hall–Kier alpha value is -1.07. The monoisotopic (exact) mass is 282 g/mol. The van der Waals surface area contributed by atoms with Crippen LogP contribution >= 0.6 is 11.3 Å². The third-order valence-electron chi connectivity index (χ3n) is 3.13. The van der Waals surface area contributed by atoms with E-state index in [0.717, 1.165) is 6.42 Å². The van der Waals surface area contributed by atoms with E-state index in [1.165, 1.54) is 10.4 Å². The molecule has 2 atom stereocenters. The summed E-state index contributed by atoms with van der Waals surface area (Å²) < 4.78 is 5.49. The number of nitrogens with zero attached hydrogens (tertiary/aromatic N) is 1. The van der Waals surface area contributed by atoms with E-state index in [4.69, 9.17) is 10.5 Å². The molecule has 0 bridgehead atoms. The van der Waals surface area contributed by atoms with Crippen LogP contribution in [0.4, 0.5) is 4.79 Å². The summed E-state index contributed by atoms with van der Waals surface area (Å²) in [5, 5.41) is 2.07. The highest BCUT2D eigenvalue weighted by atomic mass is 32.1. The number of hydrogen-bond donors (Lipinski definition) is 1. The smallest absolute Gasteiger partial charge is 0.410 e. The van der Waals surface area contributed by atoms with Crippen LogP contribution in [-0.2, 0) is 11.2 Å². The lowest BCUT2D eigenvalue weighted by atomic mass is 9.97. The first-order chi connectivity index (χ1) is 8.79. The molecule has 2 heterocycles. The predicted octanol–water partition coefficient (Wildman–Crippen LogP) is 2.93. The van der Waals surface area contributed by atoms with E-state index in [2.05, 4.69) is 11.4 Å². The van der Waals surface area contributed by atoms with E-state index in [0.29, 0.717) is 6.54 Å². The van der Waals surface area contributed by atoms with Crippen molar-refractivity contribution >= 4 is 17.4 Å². The van der Waals surface area contributed by atoms with Gasteiger partial charge >= 0.3 is 6.09 Å². The molecule has 0 spiro atoms. The molecule has 1 aliphatic heterocycles. The van der Waals surface area contributed by atoms with Crippen LogP contribution in [0.15, 0.2) is 11.4 Å². The molecule has 106 valence electrons. The van der Waals surface area contributed by atoms with Gasteiger partial charge in [0.05, 0.1) is 6.04 Å². The number of carbonyl (C=O) groups excluding carboxylic acids is 1. The Bertz CT molecular complexity index is 462. The molecule has 0 aliphatic carbocycles. The van der Waals surface area contributed by atoms with Crippen molar-refractivity contribution in [2.24, 2.45) is 5.73 Å². The summed E-state index contributed by atoms with van der Waals surface area (Å²) in [4.78, 5) is 15.3. The lowest BCUT2D eigenvalue weighted by Crippen LogP contribution is -2.48. The summed E-state index contributed by atoms with van der Waals surface area (Å²) in [5.74, 6) is 0. The van der Waals surface area contributed by atoms with Crippen molar-refractivity contribution < 1.29 is 9.53 Å². The van der Waals surface area contributed by atoms with Crippen LogP contribution in [0.3, 0.4) is 0 Å². The lowest BCUT2D eigenvalue weighted by Gasteiger charge is -2.38. The van der Waals surface area contributed by atoms with Crippen LogP contribution in [0.25, 0.3) is 0 Å². The van der Waals surface area contributed by atoms with Gasteiger partial charge in [0, 0.05) is 17.5 Å². The van der Waals surface area contributed by atoms with Gasteiger partial charge in [0.1, 0.15) is 5.60 Å². The lowest BCUT2D eigenvalue weighted by molar-refractivity contribution is 0.0124. The average molecular weight is 282 g/mol. The molecule has 4 nitrogen and oxygen atoms in total. The van der Waals surface area contributed by atoms with Crippen molar-refractivity contribution in [3.8, 4) is 0 Å². The van der Waals surface area contributed by atoms with Gasteiger partial charge in [-0.15, -0.1) is 11.3 Å². The normalized spacial score (nSPS) is 20.9. The number of fused-ring (bicyclic) bond motifs is 1. The Morgan fingerprint density at radius 1 is 1.58 bits per heavy atom. The van der Waals surface area contributed by atoms with Gasteiger partial charge in [0.2, 0.25) is 0 Å². The zero-order valence-corrected chi connectivity index (χ0v) is 12.8. The summed E-state index contributed by atoms with van der Waals surface area (Å²) >= 11 is 1.67. The third-order valence-corrected chi connectivity index (χ3v) is 4.16. The number of ether oxygens (including phenoxy) is 1. The van der Waals surface area contributed by atoms with E-state index < -0.39 is 5.60 Å². The second kappa shape index (κ2) is 5.13. The van der Waals surface area contributed by atoms with Gasteiger partial charge in [0.25, 0.3) is 0 Å². The molecular weight excluding hydrogens is 260 g/mol. The number of carbonyl (C=O) groups is 1. The van der Waals surface area contributed by atoms with Gasteiger partial charge in [-0.3, -0.25) is 4.90 Å². The molecule has 0 saturated heterocycles. The average Bonchev–Trinajstić information content (AvgIpc) is 2.72. The minimum Gasteiger partial charge on any atom is -0.444 e. The molecule has 19 heavy (non-hydrogen) atoms. The Labute approximate surface area is 118 Å². The number of amides is 1. The molecule has 2 rings (SSSR count). The fraction of sp³-hybridized carbons (Fsp3) is 0.643. The SMILES string of the molecule is CC(N)C1c2sccc2CCN1C(=O)OC(C)(C)C. The molecule has 0 fully saturated rings. The Morgan fingerprint density at radius 3 is 2.84 bits per heavy atom. The maximum atomic E-state index is 12.3. The zero-order valence-electron chi connectivity index (χ0n) is 12.0. The van der Waals surface area contributed by atoms with Gasteiger partial charge in [0.15, 0.2) is 0 Å². The second-order valence-electron chi connectivity index (χ2n) is 6.04. The Balaban J connectivity index is 2.24. The van der Waals surface area contributed by atoms with E-state index in [9.17, 15) is 4.79 Å². The van der Waals surface area contributed by atoms with Crippen LogP contribution in [0, 0.1) is 0 Å². The molecule has 1 aliphatic rings. The van der Waals surface area contributed by atoms with Crippen LogP contribution in [0.2, 0.25) is 0 Å². The van der Waals surface area contributed by atoms with E-state index in [1.54, 1.807) is 16.2 Å². The van der Waals surface area contributed by atoms with E-state index in [1.807, 2.05) is 27.7 Å². The molecule has 5 heteroatoms. The number of nitrogens with two attached hydrogens (primary N) is 1. The molecule has 0 radical (unpaired) electrons. The highest BCUT2D eigenvalue weighted by Gasteiger charge is 2.36. The minimum atomic E-state index is -0.477. The predicted molar refractivity (Wildman–Crippen MR) is 77.4 cm³/mol. The summed E-state index contributed by atoms with van der Waals surface area (Å²) in [6.45, 7) is 8.26. The summed E-state index contributed by atoms with van der Waals surface area (Å²) in [6, 6.07) is 1.95. The van der Waals surface area contributed by atoms with Crippen LogP contribution in [0.1, 0.15) is 44.2 Å². The maximum absolute atomic E-state index is 12.3. The van der Waals surface area contributed by atoms with Crippen molar-refractivity contribution in [2.75, 3.05) is 6.54 Å². The Morgan fingerprint density at radius 2 is 2.26 bits per heavy atom. The van der Waals surface area contributed by atoms with Crippen molar-refractivity contribution in [1.82, 2.24) is 4.90 Å². The highest BCUT2D eigenvalue weighted by Crippen LogP contribution is 2.36. The van der Waals surface area contributed by atoms with Crippen LogP contribution < -0.4 is 5.73 Å². The molecule has 0 saturated carbocycles. The van der Waals surface area contributed by atoms with Gasteiger partial charge in [-0.1, -0.05) is 0 Å². The second-order valence-corrected chi connectivity index (χ2v) is 6.99. The summed E-state index contributed by atoms with van der Waals surface area (Å²) in [7, 11) is 0. The molecule has 0 aromatic carbocycles. The first kappa shape index (κ1) is 14.3. The first-order valence-corrected chi connectivity index (χ1v) is 7.49. The van der Waals surface area contributed by atoms with Crippen molar-refractivity contribution in [2.45, 2.75) is 51.8 Å². The first-order valence-electron chi connectivity index (χ1n) is 6.61. The number of hydrogen-bond acceptors (Lipinski definition) is 4. The molecule has 2 N–H and O–H groups in total. The van der Waals surface area contributed by atoms with Gasteiger partial charge in [-0.05, 0) is 51.1 Å². The molecule has 1 aromatic rings. The highest BCUT2D eigenvalue weighted by molar-refractivity contribution is 7.10. The van der Waals surface area contributed by atoms with E-state index in [-0.39, 0.29) is 18.2 Å². The largest absolute Gasteiger partial charge is 0.444 e. The molecule has 2 unspecified atom stereocenters. The van der Waals surface area contributed by atoms with Gasteiger partial charge in [-0.2, -0.15) is 0 Å². The van der Waals surface area contributed by atoms with Crippen LogP contribution in [-0.4, -0.2) is 29.2 Å². The van der Waals surface area contributed by atoms with Crippen molar-refractivity contribution in [1.29, 1.82) is 0 Å². The van der Waals surface area contributed by atoms with Gasteiger partial charge < -0.3 is 10.5 Å². The van der Waals surface area contributed by atoms with E-state index >= 15 is 0 Å². The standard InChI is InChI=1S/C14H22N2O2S/c1-9(15)11-12-10(6-8-19-12)5-7-16(11)13(17)18-14(2,3)4/h6,8-9,11H,5,7,15H2,1-4H3. The molecular formula is C14H22N2O2S. The summed E-state index contributed by atoms with van der Waals surface area (Å²) in [6.07, 6.45) is 0.607. The topological polar surface area (TPSA) is 55.6 Å².